The highest BCUT2D eigenvalue weighted by molar-refractivity contribution is 7.09. The third-order valence-corrected chi connectivity index (χ3v) is 3.71. The number of thiazole rings is 1. The van der Waals surface area contributed by atoms with E-state index in [9.17, 15) is 9.18 Å². The van der Waals surface area contributed by atoms with Gasteiger partial charge in [0.05, 0.1) is 16.3 Å². The van der Waals surface area contributed by atoms with Crippen molar-refractivity contribution in [1.29, 1.82) is 0 Å². The number of anilines is 1. The lowest BCUT2D eigenvalue weighted by Gasteiger charge is -2.13. The van der Waals surface area contributed by atoms with Gasteiger partial charge in [-0.1, -0.05) is 13.0 Å². The van der Waals surface area contributed by atoms with Gasteiger partial charge in [0, 0.05) is 24.0 Å². The summed E-state index contributed by atoms with van der Waals surface area (Å²) < 4.78 is 13.7. The standard InChI is InChI=1S/C13H13FN2O2S/c1-8(12-15-5-6-19-12)7-16-11-9(13(17)18)3-2-4-10(11)14/h2-6,8,16H,7H2,1H3,(H,17,18). The Bertz CT molecular complexity index is 572. The number of aromatic nitrogens is 1. The molecule has 1 aromatic carbocycles. The van der Waals surface area contributed by atoms with Crippen LogP contribution in [0.15, 0.2) is 29.8 Å². The molecule has 4 nitrogen and oxygen atoms in total. The number of nitrogens with zero attached hydrogens (tertiary/aromatic N) is 1. The fourth-order valence-electron chi connectivity index (χ4n) is 1.70. The van der Waals surface area contributed by atoms with Crippen LogP contribution in [0.4, 0.5) is 10.1 Å². The first-order valence-corrected chi connectivity index (χ1v) is 6.62. The van der Waals surface area contributed by atoms with E-state index in [1.165, 1.54) is 29.5 Å². The first-order valence-electron chi connectivity index (χ1n) is 5.74. The van der Waals surface area contributed by atoms with Crippen LogP contribution in [0, 0.1) is 5.82 Å². The van der Waals surface area contributed by atoms with E-state index in [2.05, 4.69) is 10.3 Å². The minimum absolute atomic E-state index is 0.0263. The highest BCUT2D eigenvalue weighted by atomic mass is 32.1. The molecule has 1 aromatic heterocycles. The normalized spacial score (nSPS) is 12.1. The van der Waals surface area contributed by atoms with Crippen LogP contribution in [0.5, 0.6) is 0 Å². The molecule has 0 bridgehead atoms. The molecule has 0 amide bonds. The van der Waals surface area contributed by atoms with Gasteiger partial charge in [-0.15, -0.1) is 11.3 Å². The van der Waals surface area contributed by atoms with E-state index in [0.29, 0.717) is 6.54 Å². The van der Waals surface area contributed by atoms with Gasteiger partial charge in [-0.3, -0.25) is 0 Å². The second-order valence-electron chi connectivity index (χ2n) is 4.12. The van der Waals surface area contributed by atoms with Crippen molar-refractivity contribution in [2.45, 2.75) is 12.8 Å². The van der Waals surface area contributed by atoms with Crippen LogP contribution in [0.3, 0.4) is 0 Å². The molecule has 0 spiro atoms. The summed E-state index contributed by atoms with van der Waals surface area (Å²) in [7, 11) is 0. The monoisotopic (exact) mass is 280 g/mol. The Morgan fingerprint density at radius 1 is 1.58 bits per heavy atom. The Morgan fingerprint density at radius 3 is 3.00 bits per heavy atom. The molecule has 0 saturated carbocycles. The molecule has 6 heteroatoms. The van der Waals surface area contributed by atoms with Crippen LogP contribution < -0.4 is 5.32 Å². The summed E-state index contributed by atoms with van der Waals surface area (Å²) in [6.45, 7) is 2.38. The summed E-state index contributed by atoms with van der Waals surface area (Å²) in [4.78, 5) is 15.2. The summed E-state index contributed by atoms with van der Waals surface area (Å²) >= 11 is 1.52. The number of carboxylic acid groups (broad SMARTS) is 1. The van der Waals surface area contributed by atoms with Crippen LogP contribution in [0.1, 0.15) is 28.2 Å². The van der Waals surface area contributed by atoms with E-state index < -0.39 is 11.8 Å². The summed E-state index contributed by atoms with van der Waals surface area (Å²) in [6.07, 6.45) is 1.71. The van der Waals surface area contributed by atoms with Gasteiger partial charge in [0.25, 0.3) is 0 Å². The number of nitrogens with one attached hydrogen (secondary N) is 1. The molecule has 0 radical (unpaired) electrons. The zero-order valence-corrected chi connectivity index (χ0v) is 11.1. The molecule has 2 N–H and O–H groups in total. The van der Waals surface area contributed by atoms with Crippen LogP contribution in [-0.4, -0.2) is 22.6 Å². The predicted octanol–water partition coefficient (Wildman–Crippen LogP) is 3.20. The van der Waals surface area contributed by atoms with Gasteiger partial charge in [0.1, 0.15) is 5.82 Å². The molecule has 0 fully saturated rings. The largest absolute Gasteiger partial charge is 0.478 e. The SMILES string of the molecule is CC(CNc1c(F)cccc1C(=O)O)c1nccs1. The van der Waals surface area contributed by atoms with Gasteiger partial charge in [-0.25, -0.2) is 14.2 Å². The van der Waals surface area contributed by atoms with Crippen molar-refractivity contribution >= 4 is 23.0 Å². The lowest BCUT2D eigenvalue weighted by Crippen LogP contribution is -2.14. The van der Waals surface area contributed by atoms with Gasteiger partial charge in [-0.2, -0.15) is 0 Å². The molecule has 2 aromatic rings. The molecule has 1 unspecified atom stereocenters. The van der Waals surface area contributed by atoms with Crippen LogP contribution >= 0.6 is 11.3 Å². The second-order valence-corrected chi connectivity index (χ2v) is 5.05. The molecule has 0 aliphatic heterocycles. The molecule has 1 heterocycles. The van der Waals surface area contributed by atoms with E-state index in [4.69, 9.17) is 5.11 Å². The summed E-state index contributed by atoms with van der Waals surface area (Å²) in [5.74, 6) is -1.63. The number of para-hydroxylation sites is 1. The average molecular weight is 280 g/mol. The molecule has 100 valence electrons. The van der Waals surface area contributed by atoms with E-state index in [-0.39, 0.29) is 17.2 Å². The maximum absolute atomic E-state index is 13.7. The van der Waals surface area contributed by atoms with Crippen LogP contribution in [0.2, 0.25) is 0 Å². The first-order chi connectivity index (χ1) is 9.09. The number of aromatic carboxylic acids is 1. The fraction of sp³-hybridized carbons (Fsp3) is 0.231. The fourth-order valence-corrected chi connectivity index (χ4v) is 2.40. The van der Waals surface area contributed by atoms with Crippen LogP contribution in [-0.2, 0) is 0 Å². The van der Waals surface area contributed by atoms with Gasteiger partial charge in [0.2, 0.25) is 0 Å². The third kappa shape index (κ3) is 3.08. The van der Waals surface area contributed by atoms with Crippen molar-refractivity contribution in [3.63, 3.8) is 0 Å². The Labute approximate surface area is 113 Å². The quantitative estimate of drug-likeness (QED) is 0.883. The second kappa shape index (κ2) is 5.79. The average Bonchev–Trinajstić information content (AvgIpc) is 2.90. The summed E-state index contributed by atoms with van der Waals surface area (Å²) in [5, 5.41) is 14.7. The van der Waals surface area contributed by atoms with E-state index >= 15 is 0 Å². The number of benzene rings is 1. The maximum Gasteiger partial charge on any atom is 0.337 e. The summed E-state index contributed by atoms with van der Waals surface area (Å²) in [6, 6.07) is 4.00. The summed E-state index contributed by atoms with van der Waals surface area (Å²) in [5.41, 5.74) is -0.0373. The topological polar surface area (TPSA) is 62.2 Å². The zero-order chi connectivity index (χ0) is 13.8. The molecule has 2 rings (SSSR count). The molecule has 1 atom stereocenters. The number of carboxylic acids is 1. The molecule has 0 aliphatic rings. The number of carbonyl (C=O) groups is 1. The van der Waals surface area contributed by atoms with Crippen molar-refractivity contribution in [2.75, 3.05) is 11.9 Å². The van der Waals surface area contributed by atoms with Crippen molar-refractivity contribution in [2.24, 2.45) is 0 Å². The molecular formula is C13H13FN2O2S. The van der Waals surface area contributed by atoms with Gasteiger partial charge in [-0.05, 0) is 12.1 Å². The van der Waals surface area contributed by atoms with Crippen molar-refractivity contribution in [3.05, 3.63) is 46.2 Å². The number of hydrogen-bond donors (Lipinski definition) is 2. The Balaban J connectivity index is 2.13. The molecule has 0 saturated heterocycles. The Hall–Kier alpha value is -1.95. The van der Waals surface area contributed by atoms with E-state index in [1.54, 1.807) is 6.20 Å². The van der Waals surface area contributed by atoms with Gasteiger partial charge >= 0.3 is 5.97 Å². The highest BCUT2D eigenvalue weighted by Gasteiger charge is 2.15. The lowest BCUT2D eigenvalue weighted by atomic mass is 10.1. The minimum atomic E-state index is -1.15. The van der Waals surface area contributed by atoms with Crippen LogP contribution in [0.25, 0.3) is 0 Å². The number of hydrogen-bond acceptors (Lipinski definition) is 4. The van der Waals surface area contributed by atoms with E-state index in [0.717, 1.165) is 5.01 Å². The van der Waals surface area contributed by atoms with E-state index in [1.807, 2.05) is 12.3 Å². The van der Waals surface area contributed by atoms with Gasteiger partial charge in [0.15, 0.2) is 0 Å². The third-order valence-electron chi connectivity index (χ3n) is 2.70. The lowest BCUT2D eigenvalue weighted by molar-refractivity contribution is 0.0697. The molecular weight excluding hydrogens is 267 g/mol. The molecule has 0 aliphatic carbocycles. The zero-order valence-electron chi connectivity index (χ0n) is 10.3. The van der Waals surface area contributed by atoms with Crippen molar-refractivity contribution < 1.29 is 14.3 Å². The first kappa shape index (κ1) is 13.5. The van der Waals surface area contributed by atoms with Gasteiger partial charge < -0.3 is 10.4 Å². The number of halogens is 1. The predicted molar refractivity (Wildman–Crippen MR) is 72.4 cm³/mol. The smallest absolute Gasteiger partial charge is 0.337 e. The Kier molecular flexibility index (Phi) is 4.11. The minimum Gasteiger partial charge on any atom is -0.478 e. The van der Waals surface area contributed by atoms with Crippen molar-refractivity contribution in [1.82, 2.24) is 4.98 Å². The highest BCUT2D eigenvalue weighted by Crippen LogP contribution is 2.23. The Morgan fingerprint density at radius 2 is 2.37 bits per heavy atom. The van der Waals surface area contributed by atoms with Crippen molar-refractivity contribution in [3.8, 4) is 0 Å². The molecule has 19 heavy (non-hydrogen) atoms. The number of rotatable bonds is 5. The maximum atomic E-state index is 13.7.